The van der Waals surface area contributed by atoms with Crippen LogP contribution in [0.4, 0.5) is 4.39 Å². The zero-order valence-corrected chi connectivity index (χ0v) is 15.3. The highest BCUT2D eigenvalue weighted by Gasteiger charge is 2.39. The van der Waals surface area contributed by atoms with Crippen LogP contribution in [0.15, 0.2) is 0 Å². The quantitative estimate of drug-likeness (QED) is 0.260. The molecule has 0 amide bonds. The van der Waals surface area contributed by atoms with Gasteiger partial charge in [0.25, 0.3) is 0 Å². The van der Waals surface area contributed by atoms with E-state index in [1.165, 1.54) is 0 Å². The molecular formula is C10H23FIO3PSi. The maximum Gasteiger partial charge on any atom is 0.364 e. The Morgan fingerprint density at radius 3 is 1.94 bits per heavy atom. The Hall–Kier alpha value is 1.03. The fourth-order valence-electron chi connectivity index (χ4n) is 1.21. The maximum atomic E-state index is 14.1. The van der Waals surface area contributed by atoms with Gasteiger partial charge in [-0.25, -0.2) is 4.39 Å². The van der Waals surface area contributed by atoms with E-state index in [1.807, 2.05) is 0 Å². The van der Waals surface area contributed by atoms with Crippen LogP contribution in [0.5, 0.6) is 0 Å². The molecule has 0 aromatic rings. The second kappa shape index (κ2) is 7.58. The standard InChI is InChI=1S/C10H23FIO3PSi/c1-6-14-16(13,15-7-2)9(11)8-10(12)17(3,4)5/h9-10H,6-8H2,1-5H3. The maximum absolute atomic E-state index is 14.1. The van der Waals surface area contributed by atoms with Gasteiger partial charge in [-0.2, -0.15) is 0 Å². The monoisotopic (exact) mass is 396 g/mol. The lowest BCUT2D eigenvalue weighted by atomic mass is 10.5. The van der Waals surface area contributed by atoms with Crippen molar-refractivity contribution >= 4 is 38.3 Å². The van der Waals surface area contributed by atoms with Crippen LogP contribution in [-0.4, -0.2) is 30.7 Å². The van der Waals surface area contributed by atoms with Gasteiger partial charge in [0.1, 0.15) is 0 Å². The third-order valence-corrected chi connectivity index (χ3v) is 12.7. The second-order valence-corrected chi connectivity index (χ2v) is 15.1. The van der Waals surface area contributed by atoms with Crippen LogP contribution in [0.3, 0.4) is 0 Å². The molecule has 0 aromatic heterocycles. The molecule has 0 fully saturated rings. The predicted molar refractivity (Wildman–Crippen MR) is 81.5 cm³/mol. The van der Waals surface area contributed by atoms with E-state index in [1.54, 1.807) is 13.8 Å². The van der Waals surface area contributed by atoms with Crippen LogP contribution >= 0.6 is 30.2 Å². The summed E-state index contributed by atoms with van der Waals surface area (Å²) in [6.07, 6.45) is 0.244. The van der Waals surface area contributed by atoms with Gasteiger partial charge in [-0.15, -0.1) is 0 Å². The van der Waals surface area contributed by atoms with Crippen LogP contribution < -0.4 is 0 Å². The van der Waals surface area contributed by atoms with Gasteiger partial charge in [-0.05, 0) is 20.3 Å². The van der Waals surface area contributed by atoms with Crippen molar-refractivity contribution in [1.29, 1.82) is 0 Å². The summed E-state index contributed by atoms with van der Waals surface area (Å²) < 4.78 is 36.5. The van der Waals surface area contributed by atoms with E-state index in [0.29, 0.717) is 0 Å². The number of alkyl halides is 2. The van der Waals surface area contributed by atoms with E-state index in [2.05, 4.69) is 42.2 Å². The Balaban J connectivity index is 4.64. The highest BCUT2D eigenvalue weighted by atomic mass is 127. The molecule has 0 spiro atoms. The van der Waals surface area contributed by atoms with Crippen molar-refractivity contribution in [3.05, 3.63) is 0 Å². The lowest BCUT2D eigenvalue weighted by Crippen LogP contribution is -2.35. The lowest BCUT2D eigenvalue weighted by Gasteiger charge is -2.27. The van der Waals surface area contributed by atoms with E-state index in [-0.39, 0.29) is 23.2 Å². The molecule has 0 radical (unpaired) electrons. The molecule has 3 nitrogen and oxygen atoms in total. The summed E-state index contributed by atoms with van der Waals surface area (Å²) in [5.41, 5.74) is 0. The molecule has 104 valence electrons. The van der Waals surface area contributed by atoms with Crippen molar-refractivity contribution in [2.24, 2.45) is 0 Å². The van der Waals surface area contributed by atoms with E-state index in [9.17, 15) is 8.96 Å². The van der Waals surface area contributed by atoms with Crippen LogP contribution in [0.1, 0.15) is 20.3 Å². The minimum Gasteiger partial charge on any atom is -0.307 e. The number of rotatable bonds is 8. The molecule has 2 unspecified atom stereocenters. The highest BCUT2D eigenvalue weighted by molar-refractivity contribution is 14.1. The molecular weight excluding hydrogens is 373 g/mol. The third kappa shape index (κ3) is 6.14. The number of hydrogen-bond donors (Lipinski definition) is 0. The summed E-state index contributed by atoms with van der Waals surface area (Å²) in [5.74, 6) is -1.52. The van der Waals surface area contributed by atoms with Gasteiger partial charge < -0.3 is 9.05 Å². The van der Waals surface area contributed by atoms with Gasteiger partial charge in [0.2, 0.25) is 5.91 Å². The summed E-state index contributed by atoms with van der Waals surface area (Å²) in [5, 5.41) is 0. The molecule has 0 saturated carbocycles. The SMILES string of the molecule is CCOP(=O)(OCC)C(F)CC(I)[Si](C)(C)C. The molecule has 0 heterocycles. The minimum absolute atomic E-state index is 0.205. The van der Waals surface area contributed by atoms with Crippen molar-refractivity contribution in [1.82, 2.24) is 0 Å². The van der Waals surface area contributed by atoms with E-state index in [0.717, 1.165) is 0 Å². The summed E-state index contributed by atoms with van der Waals surface area (Å²) in [4.78, 5) is 0. The number of halogens is 2. The van der Waals surface area contributed by atoms with Gasteiger partial charge in [-0.1, -0.05) is 42.2 Å². The average molecular weight is 396 g/mol. The van der Waals surface area contributed by atoms with Gasteiger partial charge in [-0.3, -0.25) is 4.57 Å². The van der Waals surface area contributed by atoms with Crippen LogP contribution in [0, 0.1) is 0 Å². The highest BCUT2D eigenvalue weighted by Crippen LogP contribution is 2.55. The molecule has 0 aromatic carbocycles. The van der Waals surface area contributed by atoms with Crippen molar-refractivity contribution < 1.29 is 18.0 Å². The third-order valence-electron chi connectivity index (χ3n) is 2.30. The zero-order valence-electron chi connectivity index (χ0n) is 11.2. The molecule has 0 rings (SSSR count). The first kappa shape index (κ1) is 18.0. The summed E-state index contributed by atoms with van der Waals surface area (Å²) in [7, 11) is -5.02. The lowest BCUT2D eigenvalue weighted by molar-refractivity contribution is 0.188. The van der Waals surface area contributed by atoms with Crippen molar-refractivity contribution in [2.45, 2.75) is 49.4 Å². The Kier molecular flexibility index (Phi) is 8.03. The Bertz CT molecular complexity index is 263. The van der Waals surface area contributed by atoms with Crippen molar-refractivity contribution in [2.75, 3.05) is 13.2 Å². The summed E-state index contributed by atoms with van der Waals surface area (Å²) >= 11 is 2.25. The smallest absolute Gasteiger partial charge is 0.307 e. The first-order valence-corrected chi connectivity index (χ1v) is 12.3. The largest absolute Gasteiger partial charge is 0.364 e. The molecule has 0 aliphatic carbocycles. The zero-order chi connectivity index (χ0) is 13.7. The second-order valence-electron chi connectivity index (χ2n) is 4.88. The van der Waals surface area contributed by atoms with Gasteiger partial charge >= 0.3 is 7.60 Å². The van der Waals surface area contributed by atoms with Crippen LogP contribution in [-0.2, 0) is 13.6 Å². The molecule has 2 atom stereocenters. The normalized spacial score (nSPS) is 16.9. The first-order chi connectivity index (χ1) is 7.67. The molecule has 0 aliphatic rings. The Labute approximate surface area is 119 Å². The minimum atomic E-state index is -3.58. The Morgan fingerprint density at radius 1 is 1.24 bits per heavy atom. The fraction of sp³-hybridized carbons (Fsp3) is 1.00. The van der Waals surface area contributed by atoms with Crippen LogP contribution in [0.25, 0.3) is 0 Å². The van der Waals surface area contributed by atoms with E-state index >= 15 is 0 Å². The van der Waals surface area contributed by atoms with Gasteiger partial charge in [0.15, 0.2) is 0 Å². The van der Waals surface area contributed by atoms with Crippen molar-refractivity contribution in [3.63, 3.8) is 0 Å². The van der Waals surface area contributed by atoms with Crippen LogP contribution in [0.2, 0.25) is 19.6 Å². The van der Waals surface area contributed by atoms with Gasteiger partial charge in [0, 0.05) is 3.55 Å². The predicted octanol–water partition coefficient (Wildman–Crippen LogP) is 4.62. The summed E-state index contributed by atoms with van der Waals surface area (Å²) in [6.45, 7) is 10.3. The molecule has 17 heavy (non-hydrogen) atoms. The molecule has 0 bridgehead atoms. The average Bonchev–Trinajstić information content (AvgIpc) is 2.16. The molecule has 0 saturated heterocycles. The molecule has 7 heteroatoms. The van der Waals surface area contributed by atoms with E-state index < -0.39 is 21.6 Å². The number of hydrogen-bond acceptors (Lipinski definition) is 3. The Morgan fingerprint density at radius 2 is 1.65 bits per heavy atom. The molecule has 0 N–H and O–H groups in total. The van der Waals surface area contributed by atoms with E-state index in [4.69, 9.17) is 9.05 Å². The van der Waals surface area contributed by atoms with Gasteiger partial charge in [0.05, 0.1) is 21.3 Å². The van der Waals surface area contributed by atoms with Crippen molar-refractivity contribution in [3.8, 4) is 0 Å². The first-order valence-electron chi connectivity index (χ1n) is 5.84. The molecule has 0 aliphatic heterocycles. The fourth-order valence-corrected chi connectivity index (χ4v) is 4.76. The summed E-state index contributed by atoms with van der Waals surface area (Å²) in [6, 6.07) is 0. The topological polar surface area (TPSA) is 35.5 Å².